The fourth-order valence-corrected chi connectivity index (χ4v) is 4.20. The predicted molar refractivity (Wildman–Crippen MR) is 115 cm³/mol. The first-order valence-electron chi connectivity index (χ1n) is 11.1. The molecule has 0 atom stereocenters. The van der Waals surface area contributed by atoms with Gasteiger partial charge in [-0.15, -0.1) is 5.10 Å². The van der Waals surface area contributed by atoms with Gasteiger partial charge in [-0.1, -0.05) is 22.9 Å². The Morgan fingerprint density at radius 3 is 2.81 bits per heavy atom. The van der Waals surface area contributed by atoms with Crippen molar-refractivity contribution in [1.29, 1.82) is 0 Å². The second-order valence-corrected chi connectivity index (χ2v) is 8.75. The largest absolute Gasteiger partial charge is 0.376 e. The molecule has 0 radical (unpaired) electrons. The zero-order chi connectivity index (χ0) is 21.8. The second kappa shape index (κ2) is 9.46. The molecule has 31 heavy (non-hydrogen) atoms. The lowest BCUT2D eigenvalue weighted by Crippen LogP contribution is -2.52. The number of ether oxygens (including phenoxy) is 3. The number of piperidine rings is 1. The van der Waals surface area contributed by atoms with Gasteiger partial charge < -0.3 is 19.1 Å². The van der Waals surface area contributed by atoms with E-state index in [0.29, 0.717) is 46.1 Å². The molecule has 1 spiro atoms. The van der Waals surface area contributed by atoms with E-state index in [4.69, 9.17) is 14.2 Å². The molecule has 0 unspecified atom stereocenters. The number of aromatic nitrogens is 3. The molecule has 2 aliphatic heterocycles. The van der Waals surface area contributed by atoms with Crippen LogP contribution in [0.1, 0.15) is 54.0 Å². The van der Waals surface area contributed by atoms with E-state index in [2.05, 4.69) is 10.3 Å². The molecule has 1 aromatic carbocycles. The number of carbonyl (C=O) groups excluding carboxylic acids is 1. The number of hydrogen-bond donors (Lipinski definition) is 0. The molecule has 8 heteroatoms. The van der Waals surface area contributed by atoms with Crippen LogP contribution in [0.3, 0.4) is 0 Å². The summed E-state index contributed by atoms with van der Waals surface area (Å²) in [6, 6.07) is 7.77. The van der Waals surface area contributed by atoms with Gasteiger partial charge in [0.2, 0.25) is 0 Å². The number of nitrogens with zero attached hydrogens (tertiary/aromatic N) is 4. The van der Waals surface area contributed by atoms with E-state index in [1.165, 1.54) is 0 Å². The Bertz CT molecular complexity index is 903. The monoisotopic (exact) mass is 428 g/mol. The highest BCUT2D eigenvalue weighted by atomic mass is 16.5. The van der Waals surface area contributed by atoms with E-state index in [-0.39, 0.29) is 17.6 Å². The van der Waals surface area contributed by atoms with Crippen LogP contribution >= 0.6 is 0 Å². The van der Waals surface area contributed by atoms with Gasteiger partial charge in [0.1, 0.15) is 5.69 Å². The summed E-state index contributed by atoms with van der Waals surface area (Å²) in [6.45, 7) is 10.0. The molecule has 1 amide bonds. The van der Waals surface area contributed by atoms with Crippen molar-refractivity contribution in [2.45, 2.75) is 65.1 Å². The van der Waals surface area contributed by atoms with Crippen LogP contribution in [0, 0.1) is 6.92 Å². The summed E-state index contributed by atoms with van der Waals surface area (Å²) in [7, 11) is 0. The van der Waals surface area contributed by atoms with Crippen molar-refractivity contribution in [3.05, 3.63) is 46.8 Å². The van der Waals surface area contributed by atoms with Crippen LogP contribution in [-0.2, 0) is 34.0 Å². The Balaban J connectivity index is 1.30. The van der Waals surface area contributed by atoms with E-state index < -0.39 is 0 Å². The minimum absolute atomic E-state index is 0.0942. The van der Waals surface area contributed by atoms with E-state index in [9.17, 15) is 4.79 Å². The van der Waals surface area contributed by atoms with Crippen LogP contribution in [0.15, 0.2) is 24.3 Å². The summed E-state index contributed by atoms with van der Waals surface area (Å²) in [5.41, 5.74) is 3.37. The van der Waals surface area contributed by atoms with Crippen LogP contribution in [0.25, 0.3) is 0 Å². The van der Waals surface area contributed by atoms with Gasteiger partial charge in [0.15, 0.2) is 0 Å². The minimum atomic E-state index is -0.284. The van der Waals surface area contributed by atoms with E-state index in [1.807, 2.05) is 54.6 Å². The molecule has 8 nitrogen and oxygen atoms in total. The fraction of sp³-hybridized carbons (Fsp3) is 0.609. The highest BCUT2D eigenvalue weighted by Crippen LogP contribution is 2.34. The predicted octanol–water partition coefficient (Wildman–Crippen LogP) is 2.73. The third-order valence-electron chi connectivity index (χ3n) is 6.02. The number of fused-ring (bicyclic) bond motifs is 1. The molecule has 168 valence electrons. The Morgan fingerprint density at radius 2 is 2.06 bits per heavy atom. The Morgan fingerprint density at radius 1 is 1.26 bits per heavy atom. The van der Waals surface area contributed by atoms with Crippen LogP contribution in [0.4, 0.5) is 0 Å². The van der Waals surface area contributed by atoms with Crippen LogP contribution in [-0.4, -0.2) is 63.8 Å². The molecular weight excluding hydrogens is 396 g/mol. The standard InChI is InChI=1S/C23H32N4O4/c1-17(2)30-12-11-29-14-20-21-15-31-23(16-27(21)25-24-20)7-9-26(10-8-23)22(28)19-6-4-5-18(3)13-19/h4-6,13,17H,7-12,14-16H2,1-3H3. The van der Waals surface area contributed by atoms with Crippen molar-refractivity contribution < 1.29 is 19.0 Å². The Kier molecular flexibility index (Phi) is 6.69. The second-order valence-electron chi connectivity index (χ2n) is 8.75. The van der Waals surface area contributed by atoms with Crippen LogP contribution in [0.2, 0.25) is 0 Å². The molecule has 1 aromatic heterocycles. The van der Waals surface area contributed by atoms with Crippen LogP contribution < -0.4 is 0 Å². The van der Waals surface area contributed by atoms with Gasteiger partial charge in [0, 0.05) is 18.7 Å². The molecular formula is C23H32N4O4. The molecule has 1 fully saturated rings. The zero-order valence-electron chi connectivity index (χ0n) is 18.7. The molecule has 0 bridgehead atoms. The molecule has 0 aliphatic carbocycles. The van der Waals surface area contributed by atoms with Crippen molar-refractivity contribution in [2.24, 2.45) is 0 Å². The number of carbonyl (C=O) groups is 1. The lowest BCUT2D eigenvalue weighted by molar-refractivity contribution is -0.120. The first kappa shape index (κ1) is 21.9. The normalized spacial score (nSPS) is 17.9. The quantitative estimate of drug-likeness (QED) is 0.631. The lowest BCUT2D eigenvalue weighted by Gasteiger charge is -2.43. The van der Waals surface area contributed by atoms with Gasteiger partial charge in [-0.3, -0.25) is 4.79 Å². The number of benzene rings is 1. The topological polar surface area (TPSA) is 78.7 Å². The molecule has 0 saturated carbocycles. The van der Waals surface area contributed by atoms with Gasteiger partial charge in [-0.05, 0) is 45.7 Å². The summed E-state index contributed by atoms with van der Waals surface area (Å²) in [5.74, 6) is 0.0942. The van der Waals surface area contributed by atoms with Gasteiger partial charge in [-0.2, -0.15) is 0 Å². The molecule has 0 N–H and O–H groups in total. The Labute approximate surface area is 183 Å². The van der Waals surface area contributed by atoms with Crippen molar-refractivity contribution in [3.8, 4) is 0 Å². The summed E-state index contributed by atoms with van der Waals surface area (Å²) in [6.07, 6.45) is 1.79. The number of amides is 1. The third-order valence-corrected chi connectivity index (χ3v) is 6.02. The van der Waals surface area contributed by atoms with Gasteiger partial charge in [0.05, 0.1) is 50.4 Å². The Hall–Kier alpha value is -2.29. The fourth-order valence-electron chi connectivity index (χ4n) is 4.20. The van der Waals surface area contributed by atoms with Crippen molar-refractivity contribution in [1.82, 2.24) is 19.9 Å². The smallest absolute Gasteiger partial charge is 0.253 e. The number of aryl methyl sites for hydroxylation is 1. The van der Waals surface area contributed by atoms with Crippen molar-refractivity contribution >= 4 is 5.91 Å². The zero-order valence-corrected chi connectivity index (χ0v) is 18.7. The highest BCUT2D eigenvalue weighted by Gasteiger charge is 2.41. The van der Waals surface area contributed by atoms with Gasteiger partial charge in [0.25, 0.3) is 5.91 Å². The highest BCUT2D eigenvalue weighted by molar-refractivity contribution is 5.94. The molecule has 2 aromatic rings. The molecule has 4 rings (SSSR count). The molecule has 2 aliphatic rings. The third kappa shape index (κ3) is 5.14. The first-order valence-corrected chi connectivity index (χ1v) is 11.1. The summed E-state index contributed by atoms with van der Waals surface area (Å²) in [4.78, 5) is 14.8. The molecule has 1 saturated heterocycles. The first-order chi connectivity index (χ1) is 15.0. The number of likely N-dealkylation sites (tertiary alicyclic amines) is 1. The maximum Gasteiger partial charge on any atom is 0.253 e. The maximum atomic E-state index is 12.8. The van der Waals surface area contributed by atoms with Gasteiger partial charge in [-0.25, -0.2) is 4.68 Å². The summed E-state index contributed by atoms with van der Waals surface area (Å²) in [5, 5.41) is 8.64. The van der Waals surface area contributed by atoms with E-state index >= 15 is 0 Å². The SMILES string of the molecule is Cc1cccc(C(=O)N2CCC3(CC2)Cn2nnc(COCCOC(C)C)c2CO3)c1. The molecule has 3 heterocycles. The lowest BCUT2D eigenvalue weighted by atomic mass is 9.89. The van der Waals surface area contributed by atoms with Gasteiger partial charge >= 0.3 is 0 Å². The average molecular weight is 429 g/mol. The van der Waals surface area contributed by atoms with E-state index in [1.54, 1.807) is 0 Å². The maximum absolute atomic E-state index is 12.8. The average Bonchev–Trinajstić information content (AvgIpc) is 3.15. The van der Waals surface area contributed by atoms with Crippen molar-refractivity contribution in [3.63, 3.8) is 0 Å². The van der Waals surface area contributed by atoms with Crippen molar-refractivity contribution in [2.75, 3.05) is 26.3 Å². The minimum Gasteiger partial charge on any atom is -0.376 e. The summed E-state index contributed by atoms with van der Waals surface area (Å²) >= 11 is 0. The number of hydrogen-bond acceptors (Lipinski definition) is 6. The summed E-state index contributed by atoms with van der Waals surface area (Å²) < 4.78 is 19.4. The van der Waals surface area contributed by atoms with Crippen LogP contribution in [0.5, 0.6) is 0 Å². The number of rotatable bonds is 7. The van der Waals surface area contributed by atoms with E-state index in [0.717, 1.165) is 35.4 Å².